The lowest BCUT2D eigenvalue weighted by Gasteiger charge is -2.31. The zero-order valence-corrected chi connectivity index (χ0v) is 17.8. The number of piperazine rings is 1. The van der Waals surface area contributed by atoms with Crippen LogP contribution < -0.4 is 20.1 Å². The number of para-hydroxylation sites is 1. The lowest BCUT2D eigenvalue weighted by Crippen LogP contribution is -2.48. The summed E-state index contributed by atoms with van der Waals surface area (Å²) in [6.07, 6.45) is 11.2. The van der Waals surface area contributed by atoms with E-state index in [9.17, 15) is 4.79 Å². The summed E-state index contributed by atoms with van der Waals surface area (Å²) >= 11 is 0. The van der Waals surface area contributed by atoms with Crippen LogP contribution >= 0.6 is 0 Å². The highest BCUT2D eigenvalue weighted by molar-refractivity contribution is 5.89. The van der Waals surface area contributed by atoms with E-state index in [-0.39, 0.29) is 18.6 Å². The number of fused-ring (bicyclic) bond motifs is 2. The maximum atomic E-state index is 13.0. The van der Waals surface area contributed by atoms with Crippen LogP contribution in [0.25, 0.3) is 17.2 Å². The highest BCUT2D eigenvalue weighted by Crippen LogP contribution is 2.45. The average Bonchev–Trinajstić information content (AvgIpc) is 3.51. The molecule has 3 N–H and O–H groups in total. The number of rotatable bonds is 3. The number of nitrogens with one attached hydrogen (secondary N) is 3. The van der Waals surface area contributed by atoms with Gasteiger partial charge >= 0.3 is 0 Å². The molecule has 3 aliphatic heterocycles. The highest BCUT2D eigenvalue weighted by atomic mass is 16.7. The Morgan fingerprint density at radius 1 is 1.09 bits per heavy atom. The number of hydrogen-bond acceptors (Lipinski definition) is 5. The van der Waals surface area contributed by atoms with Crippen LogP contribution in [0, 0.1) is 5.92 Å². The monoisotopic (exact) mass is 430 g/mol. The third-order valence-corrected chi connectivity index (χ3v) is 6.62. The summed E-state index contributed by atoms with van der Waals surface area (Å²) < 4.78 is 11.3. The third-order valence-electron chi connectivity index (χ3n) is 6.62. The van der Waals surface area contributed by atoms with Gasteiger partial charge in [0.15, 0.2) is 11.5 Å². The van der Waals surface area contributed by atoms with Gasteiger partial charge in [0.25, 0.3) is 0 Å². The molecule has 164 valence electrons. The largest absolute Gasteiger partial charge is 0.454 e. The van der Waals surface area contributed by atoms with Crippen LogP contribution in [-0.4, -0.2) is 55.3 Å². The van der Waals surface area contributed by atoms with Crippen molar-refractivity contribution in [3.8, 4) is 22.6 Å². The number of benzene rings is 1. The van der Waals surface area contributed by atoms with E-state index in [1.165, 1.54) is 11.1 Å². The smallest absolute Gasteiger partial charge is 0.231 e. The fraction of sp³-hybridized carbons (Fsp3) is 0.320. The molecular formula is C25H26N4O3. The molecule has 1 aromatic carbocycles. The number of amides is 1. The molecule has 1 atom stereocenters. The number of anilines is 1. The Morgan fingerprint density at radius 2 is 2.00 bits per heavy atom. The molecule has 1 aromatic heterocycles. The number of hydrogen-bond donors (Lipinski definition) is 3. The molecule has 4 heterocycles. The van der Waals surface area contributed by atoms with E-state index in [0.717, 1.165) is 73.2 Å². The summed E-state index contributed by atoms with van der Waals surface area (Å²) in [6, 6.07) is 5.98. The van der Waals surface area contributed by atoms with Gasteiger partial charge in [0, 0.05) is 55.6 Å². The summed E-state index contributed by atoms with van der Waals surface area (Å²) in [5, 5.41) is 6.82. The fourth-order valence-electron chi connectivity index (χ4n) is 4.92. The first-order chi connectivity index (χ1) is 15.8. The van der Waals surface area contributed by atoms with Crippen LogP contribution in [0.4, 0.5) is 5.82 Å². The molecule has 7 nitrogen and oxygen atoms in total. The van der Waals surface area contributed by atoms with Crippen molar-refractivity contribution in [2.45, 2.75) is 6.42 Å². The molecule has 1 amide bonds. The first-order valence-electron chi connectivity index (χ1n) is 11.2. The van der Waals surface area contributed by atoms with Gasteiger partial charge < -0.3 is 30.0 Å². The molecule has 1 fully saturated rings. The molecule has 0 spiro atoms. The molecule has 4 aliphatic rings. The van der Waals surface area contributed by atoms with Crippen LogP contribution in [0.5, 0.6) is 11.5 Å². The number of aromatic amines is 1. The number of allylic oxidation sites excluding steroid dienone is 2. The molecule has 1 unspecified atom stereocenters. The van der Waals surface area contributed by atoms with Crippen LogP contribution in [0.3, 0.4) is 0 Å². The number of carbonyl (C=O) groups excluding carboxylic acids is 1. The van der Waals surface area contributed by atoms with Crippen LogP contribution in [0.15, 0.2) is 53.8 Å². The lowest BCUT2D eigenvalue weighted by molar-refractivity contribution is -0.134. The summed E-state index contributed by atoms with van der Waals surface area (Å²) in [6.45, 7) is 4.30. The summed E-state index contributed by atoms with van der Waals surface area (Å²) in [5.41, 5.74) is 5.62. The summed E-state index contributed by atoms with van der Waals surface area (Å²) in [5.74, 6) is 2.71. The molecular weight excluding hydrogens is 404 g/mol. The number of carbonyl (C=O) groups is 1. The Labute approximate surface area is 186 Å². The van der Waals surface area contributed by atoms with Gasteiger partial charge in [-0.15, -0.1) is 0 Å². The average molecular weight is 431 g/mol. The van der Waals surface area contributed by atoms with Gasteiger partial charge in [-0.05, 0) is 29.7 Å². The first-order valence-corrected chi connectivity index (χ1v) is 11.2. The zero-order chi connectivity index (χ0) is 21.5. The van der Waals surface area contributed by atoms with Crippen molar-refractivity contribution in [2.75, 3.05) is 44.8 Å². The van der Waals surface area contributed by atoms with Crippen LogP contribution in [0.1, 0.15) is 12.0 Å². The molecule has 6 rings (SSSR count). The van der Waals surface area contributed by atoms with E-state index in [0.29, 0.717) is 0 Å². The van der Waals surface area contributed by atoms with Crippen molar-refractivity contribution >= 4 is 17.8 Å². The van der Waals surface area contributed by atoms with E-state index < -0.39 is 0 Å². The topological polar surface area (TPSA) is 78.6 Å². The molecule has 32 heavy (non-hydrogen) atoms. The Morgan fingerprint density at radius 3 is 2.91 bits per heavy atom. The number of aromatic nitrogens is 1. The Kier molecular flexibility index (Phi) is 4.76. The molecule has 1 aliphatic carbocycles. The van der Waals surface area contributed by atoms with Crippen molar-refractivity contribution in [2.24, 2.45) is 5.92 Å². The van der Waals surface area contributed by atoms with Crippen molar-refractivity contribution in [1.82, 2.24) is 15.2 Å². The summed E-state index contributed by atoms with van der Waals surface area (Å²) in [4.78, 5) is 18.4. The molecule has 1 saturated heterocycles. The molecule has 0 radical (unpaired) electrons. The maximum absolute atomic E-state index is 13.0. The van der Waals surface area contributed by atoms with Crippen molar-refractivity contribution < 1.29 is 14.3 Å². The number of H-pyrrole nitrogens is 1. The second-order valence-electron chi connectivity index (χ2n) is 8.52. The van der Waals surface area contributed by atoms with Gasteiger partial charge in [-0.25, -0.2) is 0 Å². The molecule has 2 aromatic rings. The van der Waals surface area contributed by atoms with E-state index >= 15 is 0 Å². The van der Waals surface area contributed by atoms with Gasteiger partial charge in [-0.1, -0.05) is 30.4 Å². The second kappa shape index (κ2) is 7.91. The first kappa shape index (κ1) is 19.3. The highest BCUT2D eigenvalue weighted by Gasteiger charge is 2.28. The Hall–Kier alpha value is -3.45. The second-order valence-corrected chi connectivity index (χ2v) is 8.52. The normalized spacial score (nSPS) is 21.5. The van der Waals surface area contributed by atoms with E-state index in [1.54, 1.807) is 0 Å². The van der Waals surface area contributed by atoms with E-state index in [2.05, 4.69) is 33.8 Å². The molecule has 0 bridgehead atoms. The van der Waals surface area contributed by atoms with E-state index in [4.69, 9.17) is 9.47 Å². The Balaban J connectivity index is 1.28. The predicted molar refractivity (Wildman–Crippen MR) is 124 cm³/mol. The summed E-state index contributed by atoms with van der Waals surface area (Å²) in [7, 11) is 0. The quantitative estimate of drug-likeness (QED) is 0.697. The zero-order valence-electron chi connectivity index (χ0n) is 17.8. The molecule has 0 saturated carbocycles. The van der Waals surface area contributed by atoms with Gasteiger partial charge in [0.1, 0.15) is 5.82 Å². The minimum atomic E-state index is -0.0935. The minimum Gasteiger partial charge on any atom is -0.454 e. The SMILES string of the molecule is O=C(C1C=CC=C(C2=Cc3c(-c4cccc5c4OCO5)c[nH]c3NC2)C1)N1CCNCC1. The lowest BCUT2D eigenvalue weighted by atomic mass is 9.86. The fourth-order valence-corrected chi connectivity index (χ4v) is 4.92. The van der Waals surface area contributed by atoms with Gasteiger partial charge in [0.05, 0.1) is 5.92 Å². The van der Waals surface area contributed by atoms with Crippen molar-refractivity contribution in [3.05, 3.63) is 59.3 Å². The standard InChI is InChI=1S/C25H26N4O3/c30-25(29-9-7-26-8-10-29)17-4-1-3-16(11-17)18-12-20-21(14-28-24(20)27-13-18)19-5-2-6-22-23(19)32-15-31-22/h1-6,12,14,17,26-28H,7-11,13,15H2. The number of ether oxygens (including phenoxy) is 2. The third kappa shape index (κ3) is 3.29. The predicted octanol–water partition coefficient (Wildman–Crippen LogP) is 3.15. The van der Waals surface area contributed by atoms with Gasteiger partial charge in [-0.3, -0.25) is 4.79 Å². The minimum absolute atomic E-state index is 0.0935. The van der Waals surface area contributed by atoms with Crippen LogP contribution in [0.2, 0.25) is 0 Å². The van der Waals surface area contributed by atoms with Gasteiger partial charge in [-0.2, -0.15) is 0 Å². The van der Waals surface area contributed by atoms with E-state index in [1.807, 2.05) is 35.4 Å². The van der Waals surface area contributed by atoms with Gasteiger partial charge in [0.2, 0.25) is 12.7 Å². The maximum Gasteiger partial charge on any atom is 0.231 e. The number of nitrogens with zero attached hydrogens (tertiary/aromatic N) is 1. The van der Waals surface area contributed by atoms with Crippen molar-refractivity contribution in [1.29, 1.82) is 0 Å². The van der Waals surface area contributed by atoms with Crippen molar-refractivity contribution in [3.63, 3.8) is 0 Å². The molecule has 7 heteroatoms. The Bertz CT molecular complexity index is 1150. The van der Waals surface area contributed by atoms with Crippen LogP contribution in [-0.2, 0) is 4.79 Å².